The van der Waals surface area contributed by atoms with Gasteiger partial charge in [-0.2, -0.15) is 18.2 Å². The molecule has 0 bridgehead atoms. The molecular formula is C35H31F4N7O2S. The first-order valence-corrected chi connectivity index (χ1v) is 16.8. The van der Waals surface area contributed by atoms with Gasteiger partial charge < -0.3 is 19.4 Å². The number of hydrogen-bond donors (Lipinski definition) is 1. The number of carbonyl (C=O) groups excluding carboxylic acids is 1. The number of aromatic nitrogens is 5. The summed E-state index contributed by atoms with van der Waals surface area (Å²) in [6.45, 7) is 1.97. The number of thioether (sulfide) groups is 1. The van der Waals surface area contributed by atoms with Crippen molar-refractivity contribution in [3.05, 3.63) is 129 Å². The Morgan fingerprint density at radius 1 is 0.776 bits per heavy atom. The fourth-order valence-electron chi connectivity index (χ4n) is 6.19. The number of hydrogen-bond acceptors (Lipinski definition) is 6. The van der Waals surface area contributed by atoms with E-state index < -0.39 is 11.7 Å². The zero-order valence-electron chi connectivity index (χ0n) is 26.2. The average molecular weight is 690 g/mol. The molecular weight excluding hydrogens is 658 g/mol. The first-order valence-electron chi connectivity index (χ1n) is 15.8. The van der Waals surface area contributed by atoms with E-state index in [1.165, 1.54) is 36.0 Å². The van der Waals surface area contributed by atoms with Crippen molar-refractivity contribution in [2.45, 2.75) is 56.0 Å². The minimum atomic E-state index is -4.40. The standard InChI is InChI=1S/C35H31F4N7O2S/c36-27-14-6-23(7-15-27)21-49-34-41-32(47)28-2-1-3-29(28)45(34)20-31-43-42-30(19-44-17-16-40-33(44)48)46(31)18-22-4-8-24(9-5-22)25-10-12-26(13-11-25)35(37,38)39/h4-15H,1-3,16-21H2,(H,40,48). The molecule has 1 fully saturated rings. The van der Waals surface area contributed by atoms with E-state index in [-0.39, 0.29) is 30.5 Å². The highest BCUT2D eigenvalue weighted by molar-refractivity contribution is 7.98. The molecule has 1 N–H and O–H groups in total. The van der Waals surface area contributed by atoms with Gasteiger partial charge in [-0.3, -0.25) is 4.79 Å². The Balaban J connectivity index is 1.20. The van der Waals surface area contributed by atoms with Crippen LogP contribution < -0.4 is 10.9 Å². The molecule has 3 heterocycles. The fraction of sp³-hybridized carbons (Fsp3) is 0.286. The number of fused-ring (bicyclic) bond motifs is 1. The molecule has 0 saturated carbocycles. The second kappa shape index (κ2) is 13.5. The zero-order chi connectivity index (χ0) is 34.1. The molecule has 1 aliphatic carbocycles. The summed E-state index contributed by atoms with van der Waals surface area (Å²) in [6.07, 6.45) is -2.19. The number of benzene rings is 3. The van der Waals surface area contributed by atoms with Crippen molar-refractivity contribution in [3.8, 4) is 11.1 Å². The summed E-state index contributed by atoms with van der Waals surface area (Å²) < 4.78 is 56.7. The lowest BCUT2D eigenvalue weighted by atomic mass is 10.0. The molecule has 252 valence electrons. The lowest BCUT2D eigenvalue weighted by Gasteiger charge is -2.19. The van der Waals surface area contributed by atoms with Crippen molar-refractivity contribution < 1.29 is 22.4 Å². The number of halogens is 4. The van der Waals surface area contributed by atoms with Crippen LogP contribution in [0.4, 0.5) is 22.4 Å². The van der Waals surface area contributed by atoms with Crippen LogP contribution in [-0.4, -0.2) is 48.3 Å². The third-order valence-corrected chi connectivity index (χ3v) is 9.85. The molecule has 2 aromatic heterocycles. The molecule has 0 radical (unpaired) electrons. The highest BCUT2D eigenvalue weighted by Gasteiger charge is 2.30. The van der Waals surface area contributed by atoms with Crippen LogP contribution in [0.2, 0.25) is 0 Å². The van der Waals surface area contributed by atoms with Gasteiger partial charge in [0.25, 0.3) is 5.56 Å². The summed E-state index contributed by atoms with van der Waals surface area (Å²) in [6, 6.07) is 18.6. The van der Waals surface area contributed by atoms with Crippen LogP contribution in [0.25, 0.3) is 11.1 Å². The maximum Gasteiger partial charge on any atom is 0.416 e. The molecule has 3 aromatic carbocycles. The topological polar surface area (TPSA) is 97.9 Å². The van der Waals surface area contributed by atoms with E-state index in [0.29, 0.717) is 59.7 Å². The molecule has 1 saturated heterocycles. The van der Waals surface area contributed by atoms with Crippen molar-refractivity contribution in [2.75, 3.05) is 13.1 Å². The third-order valence-electron chi connectivity index (χ3n) is 8.80. The number of carbonyl (C=O) groups is 1. The third kappa shape index (κ3) is 7.09. The predicted octanol–water partition coefficient (Wildman–Crippen LogP) is 6.06. The van der Waals surface area contributed by atoms with Gasteiger partial charge in [0.15, 0.2) is 16.8 Å². The Kier molecular flexibility index (Phi) is 8.97. The van der Waals surface area contributed by atoms with Crippen molar-refractivity contribution in [1.29, 1.82) is 0 Å². The number of alkyl halides is 3. The van der Waals surface area contributed by atoms with Crippen LogP contribution in [0.1, 0.15) is 46.0 Å². The first kappa shape index (κ1) is 32.6. The Bertz CT molecular complexity index is 2040. The van der Waals surface area contributed by atoms with Crippen LogP contribution in [0.15, 0.2) is 82.7 Å². The van der Waals surface area contributed by atoms with E-state index >= 15 is 0 Å². The summed E-state index contributed by atoms with van der Waals surface area (Å²) in [5.74, 6) is 1.37. The molecule has 0 spiro atoms. The second-order valence-electron chi connectivity index (χ2n) is 12.0. The van der Waals surface area contributed by atoms with Crippen LogP contribution in [0.3, 0.4) is 0 Å². The maximum atomic E-state index is 13.5. The first-order chi connectivity index (χ1) is 23.6. The van der Waals surface area contributed by atoms with Gasteiger partial charge in [0.05, 0.1) is 25.2 Å². The lowest BCUT2D eigenvalue weighted by Crippen LogP contribution is -2.29. The van der Waals surface area contributed by atoms with Gasteiger partial charge in [-0.15, -0.1) is 10.2 Å². The Labute approximate surface area is 283 Å². The van der Waals surface area contributed by atoms with Gasteiger partial charge in [-0.25, -0.2) is 9.18 Å². The average Bonchev–Trinajstić information content (AvgIpc) is 3.84. The summed E-state index contributed by atoms with van der Waals surface area (Å²) >= 11 is 1.40. The summed E-state index contributed by atoms with van der Waals surface area (Å²) in [5, 5.41) is 12.4. The van der Waals surface area contributed by atoms with Crippen molar-refractivity contribution >= 4 is 17.8 Å². The lowest BCUT2D eigenvalue weighted by molar-refractivity contribution is -0.137. The molecule has 2 amide bonds. The smallest absolute Gasteiger partial charge is 0.336 e. The molecule has 49 heavy (non-hydrogen) atoms. The van der Waals surface area contributed by atoms with E-state index in [1.54, 1.807) is 17.0 Å². The number of nitrogens with one attached hydrogen (secondary N) is 1. The summed E-state index contributed by atoms with van der Waals surface area (Å²) in [5.41, 5.74) is 3.90. The van der Waals surface area contributed by atoms with E-state index in [1.807, 2.05) is 33.4 Å². The van der Waals surface area contributed by atoms with Crippen molar-refractivity contribution in [3.63, 3.8) is 0 Å². The number of nitrogens with zero attached hydrogens (tertiary/aromatic N) is 6. The Hall–Kier alpha value is -4.98. The van der Waals surface area contributed by atoms with Crippen LogP contribution in [-0.2, 0) is 44.4 Å². The van der Waals surface area contributed by atoms with Crippen molar-refractivity contribution in [2.24, 2.45) is 0 Å². The predicted molar refractivity (Wildman–Crippen MR) is 175 cm³/mol. The summed E-state index contributed by atoms with van der Waals surface area (Å²) in [7, 11) is 0. The molecule has 1 aliphatic heterocycles. The quantitative estimate of drug-likeness (QED) is 0.109. The Morgan fingerprint density at radius 3 is 2.08 bits per heavy atom. The van der Waals surface area contributed by atoms with E-state index in [4.69, 9.17) is 0 Å². The highest BCUT2D eigenvalue weighted by Crippen LogP contribution is 2.31. The molecule has 0 atom stereocenters. The van der Waals surface area contributed by atoms with Crippen LogP contribution in [0, 0.1) is 5.82 Å². The van der Waals surface area contributed by atoms with E-state index in [9.17, 15) is 27.2 Å². The van der Waals surface area contributed by atoms with Gasteiger partial charge in [0.2, 0.25) is 0 Å². The van der Waals surface area contributed by atoms with Crippen molar-refractivity contribution in [1.82, 2.24) is 34.5 Å². The van der Waals surface area contributed by atoms with Crippen LogP contribution >= 0.6 is 11.8 Å². The largest absolute Gasteiger partial charge is 0.416 e. The van der Waals surface area contributed by atoms with Gasteiger partial charge >= 0.3 is 12.2 Å². The van der Waals surface area contributed by atoms with Crippen LogP contribution in [0.5, 0.6) is 0 Å². The molecule has 5 aromatic rings. The Morgan fingerprint density at radius 2 is 1.43 bits per heavy atom. The van der Waals surface area contributed by atoms with Gasteiger partial charge in [-0.05, 0) is 65.8 Å². The van der Waals surface area contributed by atoms with Gasteiger partial charge in [0.1, 0.15) is 5.82 Å². The number of urea groups is 1. The normalized spacial score (nSPS) is 14.4. The molecule has 7 rings (SSSR count). The fourth-order valence-corrected chi connectivity index (χ4v) is 7.15. The SMILES string of the molecule is O=C1NCCN1Cc1nnc(Cn2c(SCc3ccc(F)cc3)nc(=O)c3c2CCC3)n1Cc1ccc(-c2ccc(C(F)(F)F)cc2)cc1. The minimum absolute atomic E-state index is 0.182. The zero-order valence-corrected chi connectivity index (χ0v) is 27.0. The van der Waals surface area contributed by atoms with Gasteiger partial charge in [0, 0.05) is 30.1 Å². The number of rotatable bonds is 10. The van der Waals surface area contributed by atoms with Gasteiger partial charge in [-0.1, -0.05) is 60.3 Å². The highest BCUT2D eigenvalue weighted by atomic mass is 32.2. The van der Waals surface area contributed by atoms with E-state index in [2.05, 4.69) is 20.5 Å². The number of amides is 2. The second-order valence-corrected chi connectivity index (χ2v) is 13.0. The minimum Gasteiger partial charge on any atom is -0.336 e. The molecule has 2 aliphatic rings. The maximum absolute atomic E-state index is 13.5. The molecule has 0 unspecified atom stereocenters. The monoisotopic (exact) mass is 689 g/mol. The molecule has 14 heteroatoms. The van der Waals surface area contributed by atoms with E-state index in [0.717, 1.165) is 47.4 Å². The molecule has 9 nitrogen and oxygen atoms in total. The summed E-state index contributed by atoms with van der Waals surface area (Å²) in [4.78, 5) is 31.6.